The highest BCUT2D eigenvalue weighted by molar-refractivity contribution is 7.98. The van der Waals surface area contributed by atoms with Crippen LogP contribution in [0.5, 0.6) is 11.5 Å². The van der Waals surface area contributed by atoms with E-state index < -0.39 is 0 Å². The highest BCUT2D eigenvalue weighted by Crippen LogP contribution is 2.40. The Labute approximate surface area is 158 Å². The number of hydrogen-bond donors (Lipinski definition) is 0. The van der Waals surface area contributed by atoms with Crippen LogP contribution >= 0.6 is 11.8 Å². The number of benzene rings is 1. The summed E-state index contributed by atoms with van der Waals surface area (Å²) in [6.07, 6.45) is 4.67. The van der Waals surface area contributed by atoms with Crippen molar-refractivity contribution in [3.05, 3.63) is 35.2 Å². The van der Waals surface area contributed by atoms with Crippen LogP contribution < -0.4 is 9.47 Å². The zero-order valence-electron chi connectivity index (χ0n) is 16.0. The molecule has 1 aromatic carbocycles. The van der Waals surface area contributed by atoms with Gasteiger partial charge in [-0.25, -0.2) is 9.97 Å². The Morgan fingerprint density at radius 2 is 1.77 bits per heavy atom. The van der Waals surface area contributed by atoms with Crippen molar-refractivity contribution in [1.29, 1.82) is 0 Å². The van der Waals surface area contributed by atoms with Gasteiger partial charge in [-0.2, -0.15) is 0 Å². The first-order chi connectivity index (χ1) is 12.5. The van der Waals surface area contributed by atoms with E-state index in [4.69, 9.17) is 14.5 Å². The van der Waals surface area contributed by atoms with Crippen molar-refractivity contribution in [2.75, 3.05) is 20.5 Å². The van der Waals surface area contributed by atoms with E-state index in [2.05, 4.69) is 23.8 Å². The molecule has 3 rings (SSSR count). The molecule has 0 aliphatic rings. The monoisotopic (exact) mass is 369 g/mol. The van der Waals surface area contributed by atoms with E-state index in [1.165, 1.54) is 11.8 Å². The Kier molecular flexibility index (Phi) is 5.32. The Morgan fingerprint density at radius 3 is 2.38 bits per heavy atom. The van der Waals surface area contributed by atoms with Gasteiger partial charge < -0.3 is 9.47 Å². The van der Waals surface area contributed by atoms with Gasteiger partial charge in [0.25, 0.3) is 0 Å². The molecule has 136 valence electrons. The van der Waals surface area contributed by atoms with Crippen molar-refractivity contribution in [3.63, 3.8) is 0 Å². The van der Waals surface area contributed by atoms with Gasteiger partial charge in [0, 0.05) is 34.3 Å². The van der Waals surface area contributed by atoms with Crippen LogP contribution in [0.15, 0.2) is 23.5 Å². The third kappa shape index (κ3) is 3.09. The lowest BCUT2D eigenvalue weighted by atomic mass is 9.94. The standard InChI is InChI=1S/C20H23N3O2S/c1-7-14-17(25-5)9-16(24-4)11(2)18(14)15-8-13-10-21-20(26-6)23-19(13)12(3)22-15/h8-10H,7H2,1-6H3. The fraction of sp³-hybridized carbons (Fsp3) is 0.350. The molecule has 0 radical (unpaired) electrons. The Morgan fingerprint density at radius 1 is 1.04 bits per heavy atom. The molecule has 6 heteroatoms. The lowest BCUT2D eigenvalue weighted by molar-refractivity contribution is 0.390. The van der Waals surface area contributed by atoms with Crippen molar-refractivity contribution < 1.29 is 9.47 Å². The summed E-state index contributed by atoms with van der Waals surface area (Å²) in [7, 11) is 3.36. The Bertz CT molecular complexity index is 973. The molecule has 2 aromatic heterocycles. The van der Waals surface area contributed by atoms with Crippen molar-refractivity contribution in [2.45, 2.75) is 32.3 Å². The summed E-state index contributed by atoms with van der Waals surface area (Å²) in [5, 5.41) is 1.73. The molecular weight excluding hydrogens is 346 g/mol. The summed E-state index contributed by atoms with van der Waals surface area (Å²) >= 11 is 1.53. The molecule has 0 aliphatic carbocycles. The first kappa shape index (κ1) is 18.5. The van der Waals surface area contributed by atoms with E-state index in [0.717, 1.165) is 62.1 Å². The second-order valence-electron chi connectivity index (χ2n) is 6.00. The summed E-state index contributed by atoms with van der Waals surface area (Å²) in [5.41, 5.74) is 5.90. The van der Waals surface area contributed by atoms with E-state index in [1.54, 1.807) is 14.2 Å². The molecule has 26 heavy (non-hydrogen) atoms. The topological polar surface area (TPSA) is 57.1 Å². The average molecular weight is 369 g/mol. The maximum atomic E-state index is 5.61. The summed E-state index contributed by atoms with van der Waals surface area (Å²) in [6, 6.07) is 3.99. The van der Waals surface area contributed by atoms with E-state index in [9.17, 15) is 0 Å². The smallest absolute Gasteiger partial charge is 0.187 e. The van der Waals surface area contributed by atoms with Gasteiger partial charge in [-0.15, -0.1) is 0 Å². The molecule has 0 unspecified atom stereocenters. The van der Waals surface area contributed by atoms with Crippen molar-refractivity contribution in [2.24, 2.45) is 0 Å². The van der Waals surface area contributed by atoms with Crippen LogP contribution in [-0.2, 0) is 6.42 Å². The van der Waals surface area contributed by atoms with Crippen LogP contribution in [0, 0.1) is 13.8 Å². The number of aromatic nitrogens is 3. The molecule has 0 fully saturated rings. The first-order valence-corrected chi connectivity index (χ1v) is 9.69. The Hall–Kier alpha value is -2.34. The predicted octanol–water partition coefficient (Wildman–Crippen LogP) is 4.61. The third-order valence-corrected chi connectivity index (χ3v) is 5.12. The van der Waals surface area contributed by atoms with E-state index in [0.29, 0.717) is 0 Å². The molecule has 0 spiro atoms. The van der Waals surface area contributed by atoms with Gasteiger partial charge in [-0.3, -0.25) is 4.98 Å². The molecular formula is C20H23N3O2S. The maximum Gasteiger partial charge on any atom is 0.187 e. The SMILES string of the molecule is CCc1c(OC)cc(OC)c(C)c1-c1cc2cnc(SC)nc2c(C)n1. The summed E-state index contributed by atoms with van der Waals surface area (Å²) in [4.78, 5) is 13.9. The van der Waals surface area contributed by atoms with Gasteiger partial charge in [0.05, 0.1) is 31.1 Å². The normalized spacial score (nSPS) is 11.0. The average Bonchev–Trinajstić information content (AvgIpc) is 2.67. The minimum atomic E-state index is 0.753. The number of methoxy groups -OCH3 is 2. The lowest BCUT2D eigenvalue weighted by Crippen LogP contribution is -2.02. The number of rotatable bonds is 5. The van der Waals surface area contributed by atoms with E-state index in [-0.39, 0.29) is 0 Å². The zero-order valence-corrected chi connectivity index (χ0v) is 16.8. The van der Waals surface area contributed by atoms with Crippen LogP contribution in [0.3, 0.4) is 0 Å². The molecule has 0 atom stereocenters. The van der Waals surface area contributed by atoms with Crippen molar-refractivity contribution in [1.82, 2.24) is 15.0 Å². The van der Waals surface area contributed by atoms with Crippen molar-refractivity contribution >= 4 is 22.7 Å². The highest BCUT2D eigenvalue weighted by Gasteiger charge is 2.19. The third-order valence-electron chi connectivity index (χ3n) is 4.56. The van der Waals surface area contributed by atoms with Gasteiger partial charge in [0.1, 0.15) is 11.5 Å². The van der Waals surface area contributed by atoms with Crippen LogP contribution in [0.4, 0.5) is 0 Å². The van der Waals surface area contributed by atoms with Crippen LogP contribution in [0.2, 0.25) is 0 Å². The number of thioether (sulfide) groups is 1. The summed E-state index contributed by atoms with van der Waals surface area (Å²) < 4.78 is 11.2. The van der Waals surface area contributed by atoms with Gasteiger partial charge >= 0.3 is 0 Å². The second kappa shape index (κ2) is 7.50. The molecule has 0 saturated carbocycles. The largest absolute Gasteiger partial charge is 0.496 e. The maximum absolute atomic E-state index is 5.61. The molecule has 0 bridgehead atoms. The second-order valence-corrected chi connectivity index (χ2v) is 6.77. The van der Waals surface area contributed by atoms with Gasteiger partial charge in [-0.05, 0) is 32.6 Å². The van der Waals surface area contributed by atoms with Crippen LogP contribution in [0.25, 0.3) is 22.2 Å². The van der Waals surface area contributed by atoms with Gasteiger partial charge in [0.2, 0.25) is 0 Å². The molecule has 0 aliphatic heterocycles. The number of pyridine rings is 1. The van der Waals surface area contributed by atoms with E-state index in [1.807, 2.05) is 31.5 Å². The molecule has 5 nitrogen and oxygen atoms in total. The summed E-state index contributed by atoms with van der Waals surface area (Å²) in [6.45, 7) is 6.16. The number of ether oxygens (including phenoxy) is 2. The zero-order chi connectivity index (χ0) is 18.8. The number of aryl methyl sites for hydroxylation is 1. The van der Waals surface area contributed by atoms with Gasteiger partial charge in [0.15, 0.2) is 5.16 Å². The minimum Gasteiger partial charge on any atom is -0.496 e. The lowest BCUT2D eigenvalue weighted by Gasteiger charge is -2.19. The van der Waals surface area contributed by atoms with Crippen molar-refractivity contribution in [3.8, 4) is 22.8 Å². The quantitative estimate of drug-likeness (QED) is 0.483. The number of nitrogens with zero attached hydrogens (tertiary/aromatic N) is 3. The molecule has 0 amide bonds. The van der Waals surface area contributed by atoms with E-state index >= 15 is 0 Å². The molecule has 0 N–H and O–H groups in total. The molecule has 2 heterocycles. The fourth-order valence-electron chi connectivity index (χ4n) is 3.29. The van der Waals surface area contributed by atoms with Crippen LogP contribution in [0.1, 0.15) is 23.7 Å². The van der Waals surface area contributed by atoms with Crippen LogP contribution in [-0.4, -0.2) is 35.4 Å². The van der Waals surface area contributed by atoms with Gasteiger partial charge in [-0.1, -0.05) is 18.7 Å². The molecule has 0 saturated heterocycles. The number of hydrogen-bond acceptors (Lipinski definition) is 6. The Balaban J connectivity index is 2.32. The highest BCUT2D eigenvalue weighted by atomic mass is 32.2. The first-order valence-electron chi connectivity index (χ1n) is 8.47. The fourth-order valence-corrected chi connectivity index (χ4v) is 3.63. The number of fused-ring (bicyclic) bond motifs is 1. The summed E-state index contributed by atoms with van der Waals surface area (Å²) in [5.74, 6) is 1.61. The minimum absolute atomic E-state index is 0.753. The molecule has 3 aromatic rings. The predicted molar refractivity (Wildman–Crippen MR) is 107 cm³/mol.